The number of carbonyl (C=O) groups excluding carboxylic acids is 1. The second-order valence-corrected chi connectivity index (χ2v) is 6.04. The van der Waals surface area contributed by atoms with Gasteiger partial charge in [0.2, 0.25) is 0 Å². The van der Waals surface area contributed by atoms with E-state index in [1.807, 2.05) is 23.1 Å². The molecule has 2 aliphatic rings. The number of aromatic amines is 1. The summed E-state index contributed by atoms with van der Waals surface area (Å²) in [6, 6.07) is 5.48. The van der Waals surface area contributed by atoms with E-state index in [9.17, 15) is 4.79 Å². The van der Waals surface area contributed by atoms with Crippen LogP contribution in [0.4, 0.5) is 0 Å². The highest BCUT2D eigenvalue weighted by atomic mass is 16.5. The number of aromatic nitrogens is 3. The highest BCUT2D eigenvalue weighted by molar-refractivity contribution is 5.97. The van der Waals surface area contributed by atoms with E-state index in [-0.39, 0.29) is 5.91 Å². The second kappa shape index (κ2) is 4.80. The fraction of sp³-hybridized carbons (Fsp3) is 0.533. The molecule has 2 unspecified atom stereocenters. The van der Waals surface area contributed by atoms with Crippen LogP contribution >= 0.6 is 0 Å². The fourth-order valence-corrected chi connectivity index (χ4v) is 3.88. The number of ether oxygens (including phenoxy) is 1. The van der Waals surface area contributed by atoms with Gasteiger partial charge in [0, 0.05) is 37.6 Å². The minimum absolute atomic E-state index is 0.0892. The van der Waals surface area contributed by atoms with Crippen molar-refractivity contribution < 1.29 is 9.53 Å². The fourth-order valence-electron chi connectivity index (χ4n) is 3.88. The predicted octanol–water partition coefficient (Wildman–Crippen LogP) is 1.45. The average molecular weight is 286 g/mol. The minimum Gasteiger partial charge on any atom is -0.381 e. The van der Waals surface area contributed by atoms with Gasteiger partial charge in [-0.3, -0.25) is 4.79 Å². The summed E-state index contributed by atoms with van der Waals surface area (Å²) in [7, 11) is 1.78. The maximum absolute atomic E-state index is 12.7. The highest BCUT2D eigenvalue weighted by Crippen LogP contribution is 2.39. The number of hydrogen-bond donors (Lipinski definition) is 1. The van der Waals surface area contributed by atoms with Crippen molar-refractivity contribution in [3.05, 3.63) is 23.8 Å². The standard InChI is InChI=1S/C15H18N4O2/c1-21-14-10-2-3-11(14)8-19(7-10)15(20)9-4-5-12-13(6-9)17-18-16-12/h4-6,10-11,14H,2-3,7-8H2,1H3,(H,16,17,18). The molecule has 2 fully saturated rings. The van der Waals surface area contributed by atoms with Gasteiger partial charge in [-0.2, -0.15) is 15.4 Å². The lowest BCUT2D eigenvalue weighted by Crippen LogP contribution is -2.48. The van der Waals surface area contributed by atoms with Crippen LogP contribution < -0.4 is 0 Å². The number of H-pyrrole nitrogens is 1. The lowest BCUT2D eigenvalue weighted by molar-refractivity contribution is -0.0113. The smallest absolute Gasteiger partial charge is 0.253 e. The van der Waals surface area contributed by atoms with Crippen LogP contribution in [0.25, 0.3) is 11.0 Å². The molecule has 1 saturated heterocycles. The molecule has 6 nitrogen and oxygen atoms in total. The van der Waals surface area contributed by atoms with Gasteiger partial charge in [0.25, 0.3) is 5.91 Å². The second-order valence-electron chi connectivity index (χ2n) is 6.04. The number of piperidine rings is 1. The molecule has 1 aliphatic carbocycles. The van der Waals surface area contributed by atoms with Crippen LogP contribution in [0, 0.1) is 11.8 Å². The van der Waals surface area contributed by atoms with Crippen LogP contribution in [0.15, 0.2) is 18.2 Å². The van der Waals surface area contributed by atoms with E-state index in [0.717, 1.165) is 37.0 Å². The Morgan fingerprint density at radius 3 is 2.67 bits per heavy atom. The molecular formula is C15H18N4O2. The minimum atomic E-state index is 0.0892. The zero-order chi connectivity index (χ0) is 14.4. The Morgan fingerprint density at radius 1 is 1.24 bits per heavy atom. The monoisotopic (exact) mass is 286 g/mol. The molecule has 1 aromatic heterocycles. The molecule has 2 heterocycles. The highest BCUT2D eigenvalue weighted by Gasteiger charge is 2.43. The van der Waals surface area contributed by atoms with Crippen molar-refractivity contribution in [2.24, 2.45) is 11.8 Å². The van der Waals surface area contributed by atoms with E-state index in [1.54, 1.807) is 7.11 Å². The first kappa shape index (κ1) is 12.8. The van der Waals surface area contributed by atoms with Gasteiger partial charge in [0.1, 0.15) is 11.0 Å². The number of carbonyl (C=O) groups is 1. The zero-order valence-electron chi connectivity index (χ0n) is 12.0. The Morgan fingerprint density at radius 2 is 1.95 bits per heavy atom. The Hall–Kier alpha value is -1.95. The third-order valence-corrected chi connectivity index (χ3v) is 4.87. The molecule has 1 aliphatic heterocycles. The van der Waals surface area contributed by atoms with Gasteiger partial charge < -0.3 is 9.64 Å². The van der Waals surface area contributed by atoms with Gasteiger partial charge in [0.05, 0.1) is 6.10 Å². The summed E-state index contributed by atoms with van der Waals surface area (Å²) in [5.41, 5.74) is 2.20. The van der Waals surface area contributed by atoms with E-state index in [2.05, 4.69) is 15.4 Å². The quantitative estimate of drug-likeness (QED) is 0.907. The van der Waals surface area contributed by atoms with E-state index < -0.39 is 0 Å². The average Bonchev–Trinajstić information content (AvgIpc) is 3.07. The largest absolute Gasteiger partial charge is 0.381 e. The molecule has 1 amide bonds. The summed E-state index contributed by atoms with van der Waals surface area (Å²) in [5.74, 6) is 1.05. The van der Waals surface area contributed by atoms with Crippen molar-refractivity contribution in [1.29, 1.82) is 0 Å². The van der Waals surface area contributed by atoms with E-state index in [1.165, 1.54) is 0 Å². The van der Waals surface area contributed by atoms with Crippen molar-refractivity contribution in [3.63, 3.8) is 0 Å². The molecule has 1 aromatic carbocycles. The van der Waals surface area contributed by atoms with E-state index in [4.69, 9.17) is 4.74 Å². The van der Waals surface area contributed by atoms with Gasteiger partial charge >= 0.3 is 0 Å². The number of rotatable bonds is 2. The molecule has 1 N–H and O–H groups in total. The SMILES string of the molecule is COC1C2CCC1CN(C(=O)c1ccc3n[nH]nc3c1)C2. The molecule has 110 valence electrons. The number of hydrogen-bond acceptors (Lipinski definition) is 4. The molecule has 1 saturated carbocycles. The normalized spacial score (nSPS) is 28.2. The number of likely N-dealkylation sites (tertiary alicyclic amines) is 1. The van der Waals surface area contributed by atoms with Crippen molar-refractivity contribution in [1.82, 2.24) is 20.3 Å². The van der Waals surface area contributed by atoms with Crippen LogP contribution in [-0.4, -0.2) is 52.5 Å². The number of fused-ring (bicyclic) bond motifs is 3. The molecule has 6 heteroatoms. The number of methoxy groups -OCH3 is 1. The first-order chi connectivity index (χ1) is 10.3. The van der Waals surface area contributed by atoms with Gasteiger partial charge in [-0.25, -0.2) is 0 Å². The van der Waals surface area contributed by atoms with Crippen molar-refractivity contribution in [3.8, 4) is 0 Å². The van der Waals surface area contributed by atoms with Gasteiger partial charge in [-0.05, 0) is 31.0 Å². The lowest BCUT2D eigenvalue weighted by Gasteiger charge is -2.37. The Balaban J connectivity index is 1.58. The van der Waals surface area contributed by atoms with Crippen LogP contribution in [0.2, 0.25) is 0 Å². The first-order valence-corrected chi connectivity index (χ1v) is 7.39. The van der Waals surface area contributed by atoms with Crippen molar-refractivity contribution >= 4 is 16.9 Å². The molecule has 0 radical (unpaired) electrons. The number of amides is 1. The van der Waals surface area contributed by atoms with Crippen LogP contribution in [0.3, 0.4) is 0 Å². The van der Waals surface area contributed by atoms with Crippen molar-refractivity contribution in [2.45, 2.75) is 18.9 Å². The lowest BCUT2D eigenvalue weighted by atomic mass is 9.94. The third-order valence-electron chi connectivity index (χ3n) is 4.87. The van der Waals surface area contributed by atoms with Gasteiger partial charge in [-0.15, -0.1) is 0 Å². The molecule has 2 atom stereocenters. The zero-order valence-corrected chi connectivity index (χ0v) is 12.0. The Kier molecular flexibility index (Phi) is 2.92. The molecule has 2 aromatic rings. The van der Waals surface area contributed by atoms with E-state index in [0.29, 0.717) is 23.5 Å². The predicted molar refractivity (Wildman–Crippen MR) is 76.8 cm³/mol. The maximum Gasteiger partial charge on any atom is 0.253 e. The topological polar surface area (TPSA) is 71.1 Å². The van der Waals surface area contributed by atoms with Crippen LogP contribution in [-0.2, 0) is 4.74 Å². The number of nitrogens with zero attached hydrogens (tertiary/aromatic N) is 3. The molecule has 0 spiro atoms. The Bertz CT molecular complexity index is 669. The summed E-state index contributed by atoms with van der Waals surface area (Å²) in [6.07, 6.45) is 2.65. The van der Waals surface area contributed by atoms with Crippen LogP contribution in [0.5, 0.6) is 0 Å². The third kappa shape index (κ3) is 2.01. The van der Waals surface area contributed by atoms with Crippen LogP contribution in [0.1, 0.15) is 23.2 Å². The summed E-state index contributed by atoms with van der Waals surface area (Å²) < 4.78 is 5.60. The summed E-state index contributed by atoms with van der Waals surface area (Å²) in [4.78, 5) is 14.7. The first-order valence-electron chi connectivity index (χ1n) is 7.39. The number of nitrogens with one attached hydrogen (secondary N) is 1. The van der Waals surface area contributed by atoms with Gasteiger partial charge in [-0.1, -0.05) is 0 Å². The molecule has 21 heavy (non-hydrogen) atoms. The summed E-state index contributed by atoms with van der Waals surface area (Å²) in [6.45, 7) is 1.59. The van der Waals surface area contributed by atoms with Crippen molar-refractivity contribution in [2.75, 3.05) is 20.2 Å². The molecular weight excluding hydrogens is 268 g/mol. The van der Waals surface area contributed by atoms with E-state index >= 15 is 0 Å². The summed E-state index contributed by atoms with van der Waals surface area (Å²) >= 11 is 0. The summed E-state index contributed by atoms with van der Waals surface area (Å²) in [5, 5.41) is 10.6. The maximum atomic E-state index is 12.7. The van der Waals surface area contributed by atoms with Gasteiger partial charge in [0.15, 0.2) is 0 Å². The molecule has 2 bridgehead atoms. The Labute approximate surface area is 122 Å². The number of benzene rings is 1. The molecule has 4 rings (SSSR count).